The number of alkyl halides is 1. The highest BCUT2D eigenvalue weighted by molar-refractivity contribution is 5.61. The first-order valence-corrected chi connectivity index (χ1v) is 12.2. The van der Waals surface area contributed by atoms with E-state index in [0.717, 1.165) is 12.0 Å². The first-order chi connectivity index (χ1) is 17.3. The number of hydrogen-bond donors (Lipinski definition) is 2. The number of benzene rings is 1. The van der Waals surface area contributed by atoms with Crippen LogP contribution in [0.15, 0.2) is 52.2 Å². The highest BCUT2D eigenvalue weighted by Gasteiger charge is 2.24. The van der Waals surface area contributed by atoms with E-state index in [1.54, 1.807) is 41.1 Å². The summed E-state index contributed by atoms with van der Waals surface area (Å²) in [6.07, 6.45) is 3.97. The molecule has 0 unspecified atom stereocenters. The quantitative estimate of drug-likeness (QED) is 0.471. The monoisotopic (exact) mass is 495 g/mol. The zero-order valence-corrected chi connectivity index (χ0v) is 20.4. The Hall–Kier alpha value is -3.50. The molecule has 190 valence electrons. The summed E-state index contributed by atoms with van der Waals surface area (Å²) >= 11 is 0. The highest BCUT2D eigenvalue weighted by atomic mass is 19.2. The summed E-state index contributed by atoms with van der Waals surface area (Å²) in [5, 5.41) is 11.1. The molecule has 9 nitrogen and oxygen atoms in total. The number of rotatable bonds is 9. The van der Waals surface area contributed by atoms with Gasteiger partial charge in [0.1, 0.15) is 11.4 Å². The van der Waals surface area contributed by atoms with E-state index >= 15 is 0 Å². The number of ether oxygens (including phenoxy) is 2. The Balaban J connectivity index is 1.42. The van der Waals surface area contributed by atoms with Gasteiger partial charge in [-0.25, -0.2) is 0 Å². The molecule has 10 heteroatoms. The van der Waals surface area contributed by atoms with Gasteiger partial charge in [0, 0.05) is 44.3 Å². The van der Waals surface area contributed by atoms with Gasteiger partial charge in [0.05, 0.1) is 24.9 Å². The second kappa shape index (κ2) is 9.87. The summed E-state index contributed by atoms with van der Waals surface area (Å²) in [6, 6.07) is 10.4. The van der Waals surface area contributed by atoms with Crippen molar-refractivity contribution in [3.63, 3.8) is 0 Å². The lowest BCUT2D eigenvalue weighted by Gasteiger charge is -2.27. The van der Waals surface area contributed by atoms with Crippen LogP contribution in [0.2, 0.25) is 0 Å². The van der Waals surface area contributed by atoms with Crippen molar-refractivity contribution in [1.82, 2.24) is 19.7 Å². The van der Waals surface area contributed by atoms with Crippen molar-refractivity contribution in [3.05, 3.63) is 74.4 Å². The first-order valence-electron chi connectivity index (χ1n) is 12.2. The van der Waals surface area contributed by atoms with E-state index in [0.29, 0.717) is 73.7 Å². The molecule has 0 saturated carbocycles. The minimum Gasteiger partial charge on any atom is -0.459 e. The Morgan fingerprint density at radius 3 is 2.56 bits per heavy atom. The van der Waals surface area contributed by atoms with Gasteiger partial charge in [0.25, 0.3) is 11.1 Å². The van der Waals surface area contributed by atoms with Crippen molar-refractivity contribution in [1.29, 1.82) is 0 Å². The Labute approximate surface area is 207 Å². The Morgan fingerprint density at radius 1 is 1.11 bits per heavy atom. The van der Waals surface area contributed by atoms with Crippen LogP contribution in [0.4, 0.5) is 15.9 Å². The Morgan fingerprint density at radius 2 is 1.86 bits per heavy atom. The molecule has 0 radical (unpaired) electrons. The maximum Gasteiger partial charge on any atom is 0.275 e. The summed E-state index contributed by atoms with van der Waals surface area (Å²) in [6.45, 7) is 5.24. The average Bonchev–Trinajstić information content (AvgIpc) is 3.30. The van der Waals surface area contributed by atoms with Crippen molar-refractivity contribution in [2.45, 2.75) is 51.6 Å². The summed E-state index contributed by atoms with van der Waals surface area (Å²) in [7, 11) is 0. The number of halogens is 1. The summed E-state index contributed by atoms with van der Waals surface area (Å²) < 4.78 is 27.2. The van der Waals surface area contributed by atoms with E-state index in [1.807, 2.05) is 6.07 Å². The van der Waals surface area contributed by atoms with E-state index in [2.05, 4.69) is 15.7 Å². The number of nitrogens with zero attached hydrogens (tertiary/aromatic N) is 3. The minimum atomic E-state index is -1.81. The molecule has 1 fully saturated rings. The molecular weight excluding hydrogens is 465 g/mol. The fourth-order valence-electron chi connectivity index (χ4n) is 4.46. The third-order valence-electron chi connectivity index (χ3n) is 6.29. The van der Waals surface area contributed by atoms with Crippen molar-refractivity contribution in [3.8, 4) is 11.4 Å². The normalized spacial score (nSPS) is 15.4. The second-order valence-corrected chi connectivity index (χ2v) is 9.57. The SMILES string of the molecule is CC(C)(F)Oc1ccc(-n2nc(Nc3cccn(CCNC4COC4)c3=O)c3c(c2=O)CCC3)cc1. The lowest BCUT2D eigenvalue weighted by Crippen LogP contribution is -2.47. The number of nitrogens with one attached hydrogen (secondary N) is 2. The third kappa shape index (κ3) is 5.19. The lowest BCUT2D eigenvalue weighted by molar-refractivity contribution is -0.0257. The Kier molecular flexibility index (Phi) is 6.63. The van der Waals surface area contributed by atoms with E-state index in [9.17, 15) is 14.0 Å². The molecule has 1 saturated heterocycles. The predicted molar refractivity (Wildman–Crippen MR) is 134 cm³/mol. The van der Waals surface area contributed by atoms with Gasteiger partial charge in [-0.15, -0.1) is 5.10 Å². The van der Waals surface area contributed by atoms with E-state index in [-0.39, 0.29) is 11.1 Å². The van der Waals surface area contributed by atoms with Gasteiger partial charge in [-0.05, 0) is 55.7 Å². The van der Waals surface area contributed by atoms with Gasteiger partial charge in [-0.1, -0.05) is 0 Å². The van der Waals surface area contributed by atoms with Gasteiger partial charge in [-0.3, -0.25) is 9.59 Å². The molecule has 0 atom stereocenters. The molecule has 2 aromatic heterocycles. The number of hydrogen-bond acceptors (Lipinski definition) is 7. The maximum atomic E-state index is 13.8. The van der Waals surface area contributed by atoms with Crippen LogP contribution >= 0.6 is 0 Å². The number of fused-ring (bicyclic) bond motifs is 1. The molecule has 5 rings (SSSR count). The fourth-order valence-corrected chi connectivity index (χ4v) is 4.46. The first kappa shape index (κ1) is 24.2. The molecule has 1 aromatic carbocycles. The molecule has 0 bridgehead atoms. The maximum absolute atomic E-state index is 13.8. The van der Waals surface area contributed by atoms with Crippen LogP contribution in [0.3, 0.4) is 0 Å². The summed E-state index contributed by atoms with van der Waals surface area (Å²) in [4.78, 5) is 26.3. The molecule has 3 aromatic rings. The molecule has 2 N–H and O–H groups in total. The van der Waals surface area contributed by atoms with Crippen molar-refractivity contribution < 1.29 is 13.9 Å². The smallest absolute Gasteiger partial charge is 0.275 e. The van der Waals surface area contributed by atoms with Gasteiger partial charge < -0.3 is 24.7 Å². The van der Waals surface area contributed by atoms with Crippen LogP contribution in [0.1, 0.15) is 31.4 Å². The number of anilines is 2. The average molecular weight is 496 g/mol. The topological polar surface area (TPSA) is 99.4 Å². The summed E-state index contributed by atoms with van der Waals surface area (Å²) in [5.41, 5.74) is 2.11. The van der Waals surface area contributed by atoms with Crippen LogP contribution in [-0.2, 0) is 24.1 Å². The molecule has 3 heterocycles. The van der Waals surface area contributed by atoms with Crippen LogP contribution in [0.5, 0.6) is 5.75 Å². The third-order valence-corrected chi connectivity index (χ3v) is 6.29. The number of aromatic nitrogens is 3. The fraction of sp³-hybridized carbons (Fsp3) is 0.423. The Bertz CT molecular complexity index is 1360. The van der Waals surface area contributed by atoms with Crippen LogP contribution < -0.4 is 26.5 Å². The molecule has 0 spiro atoms. The van der Waals surface area contributed by atoms with Gasteiger partial charge >= 0.3 is 0 Å². The van der Waals surface area contributed by atoms with E-state index in [4.69, 9.17) is 9.47 Å². The van der Waals surface area contributed by atoms with Crippen LogP contribution in [0, 0.1) is 0 Å². The van der Waals surface area contributed by atoms with Crippen LogP contribution in [-0.4, -0.2) is 46.0 Å². The number of pyridine rings is 1. The van der Waals surface area contributed by atoms with Crippen molar-refractivity contribution >= 4 is 11.5 Å². The lowest BCUT2D eigenvalue weighted by atomic mass is 10.2. The van der Waals surface area contributed by atoms with E-state index in [1.165, 1.54) is 18.5 Å². The van der Waals surface area contributed by atoms with Crippen molar-refractivity contribution in [2.75, 3.05) is 25.1 Å². The predicted octanol–water partition coefficient (Wildman–Crippen LogP) is 2.70. The van der Waals surface area contributed by atoms with Gasteiger partial charge in [0.15, 0.2) is 5.82 Å². The summed E-state index contributed by atoms with van der Waals surface area (Å²) in [5.74, 6) is -0.971. The minimum absolute atomic E-state index is 0.161. The zero-order valence-electron chi connectivity index (χ0n) is 20.4. The van der Waals surface area contributed by atoms with Crippen LogP contribution in [0.25, 0.3) is 5.69 Å². The van der Waals surface area contributed by atoms with Gasteiger partial charge in [0.2, 0.25) is 5.85 Å². The zero-order chi connectivity index (χ0) is 25.3. The largest absolute Gasteiger partial charge is 0.459 e. The molecule has 36 heavy (non-hydrogen) atoms. The van der Waals surface area contributed by atoms with E-state index < -0.39 is 5.85 Å². The van der Waals surface area contributed by atoms with Crippen molar-refractivity contribution in [2.24, 2.45) is 0 Å². The molecule has 1 aliphatic heterocycles. The molecule has 2 aliphatic rings. The standard InChI is InChI=1S/C26H30FN5O4/c1-26(2,27)36-19-10-8-18(9-11-19)32-24(33)21-6-3-5-20(21)23(30-32)29-22-7-4-13-31(25(22)34)14-12-28-17-15-35-16-17/h4,7-11,13,17,28H,3,5-6,12,14-16H2,1-2H3,(H,29,30). The second-order valence-electron chi connectivity index (χ2n) is 9.57. The van der Waals surface area contributed by atoms with Gasteiger partial charge in [-0.2, -0.15) is 9.07 Å². The highest BCUT2D eigenvalue weighted by Crippen LogP contribution is 2.27. The molecule has 1 aliphatic carbocycles. The molecule has 0 amide bonds. The molecular formula is C26H30FN5O4.